The van der Waals surface area contributed by atoms with Gasteiger partial charge in [-0.15, -0.1) is 0 Å². The van der Waals surface area contributed by atoms with E-state index in [9.17, 15) is 4.79 Å². The molecule has 6 heteroatoms. The van der Waals surface area contributed by atoms with Gasteiger partial charge in [-0.2, -0.15) is 12.6 Å². The van der Waals surface area contributed by atoms with Gasteiger partial charge in [-0.05, 0) is 54.7 Å². The molecule has 0 saturated heterocycles. The van der Waals surface area contributed by atoms with Crippen LogP contribution >= 0.6 is 12.6 Å². The maximum absolute atomic E-state index is 10.2. The molecule has 0 amide bonds. The van der Waals surface area contributed by atoms with Crippen molar-refractivity contribution >= 4 is 18.6 Å². The van der Waals surface area contributed by atoms with Crippen molar-refractivity contribution in [2.24, 2.45) is 11.1 Å². The average molecular weight is 327 g/mol. The van der Waals surface area contributed by atoms with Gasteiger partial charge in [-0.25, -0.2) is 0 Å². The van der Waals surface area contributed by atoms with Crippen LogP contribution in [-0.4, -0.2) is 37.6 Å². The van der Waals surface area contributed by atoms with Gasteiger partial charge >= 0.3 is 5.97 Å². The van der Waals surface area contributed by atoms with E-state index in [-0.39, 0.29) is 5.41 Å². The van der Waals surface area contributed by atoms with Crippen LogP contribution in [-0.2, 0) is 11.2 Å². The van der Waals surface area contributed by atoms with Gasteiger partial charge in [0.15, 0.2) is 11.5 Å². The number of carboxylic acid groups (broad SMARTS) is 1. The van der Waals surface area contributed by atoms with E-state index in [1.807, 2.05) is 18.2 Å². The molecule has 0 radical (unpaired) electrons. The second-order valence-electron chi connectivity index (χ2n) is 5.46. The third-order valence-corrected chi connectivity index (χ3v) is 4.37. The number of thiol groups is 1. The molecule has 1 aliphatic rings. The molecule has 22 heavy (non-hydrogen) atoms. The number of hydrogen-bond donors (Lipinski definition) is 3. The van der Waals surface area contributed by atoms with Crippen LogP contribution in [0.25, 0.3) is 0 Å². The minimum atomic E-state index is -0.693. The first kappa shape index (κ1) is 18.6. The van der Waals surface area contributed by atoms with Gasteiger partial charge in [0, 0.05) is 0 Å². The van der Waals surface area contributed by atoms with Gasteiger partial charge in [0.1, 0.15) is 0 Å². The summed E-state index contributed by atoms with van der Waals surface area (Å²) in [5.41, 5.74) is 6.70. The van der Waals surface area contributed by atoms with Crippen LogP contribution in [0.2, 0.25) is 0 Å². The number of rotatable bonds is 7. The zero-order valence-corrected chi connectivity index (χ0v) is 14.1. The van der Waals surface area contributed by atoms with Crippen LogP contribution in [0.1, 0.15) is 24.8 Å². The summed E-state index contributed by atoms with van der Waals surface area (Å²) in [5.74, 6) is 1.54. The normalized spacial score (nSPS) is 14.5. The fourth-order valence-corrected chi connectivity index (χ4v) is 2.52. The van der Waals surface area contributed by atoms with Crippen molar-refractivity contribution in [2.45, 2.75) is 25.7 Å². The van der Waals surface area contributed by atoms with E-state index in [0.717, 1.165) is 36.5 Å². The highest BCUT2D eigenvalue weighted by Gasteiger charge is 2.42. The second kappa shape index (κ2) is 8.90. The third-order valence-electron chi connectivity index (χ3n) is 3.70. The summed E-state index contributed by atoms with van der Waals surface area (Å²) in [5, 5.41) is 8.39. The summed E-state index contributed by atoms with van der Waals surface area (Å²) in [6, 6.07) is 5.84. The predicted octanol–water partition coefficient (Wildman–Crippen LogP) is 2.38. The molecule has 0 atom stereocenters. The lowest BCUT2D eigenvalue weighted by molar-refractivity contribution is -0.138. The Morgan fingerprint density at radius 2 is 1.95 bits per heavy atom. The summed E-state index contributed by atoms with van der Waals surface area (Å²) >= 11 is 4.07. The Kier molecular flexibility index (Phi) is 7.55. The fraction of sp³-hybridized carbons (Fsp3) is 0.562. The van der Waals surface area contributed by atoms with E-state index in [1.165, 1.54) is 5.56 Å². The Morgan fingerprint density at radius 1 is 1.32 bits per heavy atom. The van der Waals surface area contributed by atoms with E-state index >= 15 is 0 Å². The molecule has 0 heterocycles. The predicted molar refractivity (Wildman–Crippen MR) is 90.1 cm³/mol. The lowest BCUT2D eigenvalue weighted by atomic mass is 10.1. The number of ether oxygens (including phenoxy) is 2. The van der Waals surface area contributed by atoms with E-state index in [1.54, 1.807) is 14.2 Å². The van der Waals surface area contributed by atoms with Crippen molar-refractivity contribution in [1.82, 2.24) is 0 Å². The van der Waals surface area contributed by atoms with Crippen molar-refractivity contribution in [3.05, 3.63) is 23.8 Å². The molecule has 1 aliphatic carbocycles. The van der Waals surface area contributed by atoms with Crippen LogP contribution in [0.4, 0.5) is 0 Å². The van der Waals surface area contributed by atoms with E-state index in [2.05, 4.69) is 12.6 Å². The van der Waals surface area contributed by atoms with Crippen molar-refractivity contribution in [2.75, 3.05) is 26.5 Å². The first-order chi connectivity index (χ1) is 10.5. The molecule has 1 aromatic rings. The Bertz CT molecular complexity index is 489. The minimum absolute atomic E-state index is 0.0783. The monoisotopic (exact) mass is 327 g/mol. The van der Waals surface area contributed by atoms with Crippen LogP contribution < -0.4 is 15.2 Å². The van der Waals surface area contributed by atoms with E-state index in [0.29, 0.717) is 13.0 Å². The Hall–Kier alpha value is -1.40. The molecule has 1 aromatic carbocycles. The molecule has 1 fully saturated rings. The molecule has 0 unspecified atom stereocenters. The van der Waals surface area contributed by atoms with Crippen molar-refractivity contribution in [1.29, 1.82) is 0 Å². The second-order valence-corrected chi connectivity index (χ2v) is 5.77. The summed E-state index contributed by atoms with van der Waals surface area (Å²) in [6.07, 6.45) is 3.25. The van der Waals surface area contributed by atoms with E-state index < -0.39 is 5.97 Å². The van der Waals surface area contributed by atoms with E-state index in [4.69, 9.17) is 20.3 Å². The minimum Gasteiger partial charge on any atom is -0.493 e. The number of carboxylic acids is 1. The van der Waals surface area contributed by atoms with Gasteiger partial charge in [-0.3, -0.25) is 4.79 Å². The van der Waals surface area contributed by atoms with Gasteiger partial charge in [0.25, 0.3) is 0 Å². The Balaban J connectivity index is 0.000000235. The third kappa shape index (κ3) is 5.77. The largest absolute Gasteiger partial charge is 0.493 e. The summed E-state index contributed by atoms with van der Waals surface area (Å²) < 4.78 is 10.3. The molecule has 124 valence electrons. The highest BCUT2D eigenvalue weighted by molar-refractivity contribution is 7.80. The Labute approximate surface area is 137 Å². The number of methoxy groups -OCH3 is 2. The average Bonchev–Trinajstić information content (AvgIpc) is 3.27. The molecule has 1 saturated carbocycles. The maximum Gasteiger partial charge on any atom is 0.303 e. The number of benzene rings is 1. The molecule has 0 aromatic heterocycles. The van der Waals surface area contributed by atoms with Crippen molar-refractivity contribution < 1.29 is 19.4 Å². The first-order valence-electron chi connectivity index (χ1n) is 7.24. The molecular formula is C16H25NO4S. The Morgan fingerprint density at radius 3 is 2.32 bits per heavy atom. The standard InChI is InChI=1S/C10H15NO2.C6H10O2S/c1-12-9-4-3-8(5-6-11)7-10(9)13-2;7-5(8)3-6(4-9)1-2-6/h3-4,7H,5-6,11H2,1-2H3;9H,1-4H2,(H,7,8). The zero-order valence-electron chi connectivity index (χ0n) is 13.2. The lowest BCUT2D eigenvalue weighted by Crippen LogP contribution is -2.09. The van der Waals surface area contributed by atoms with Gasteiger partial charge < -0.3 is 20.3 Å². The number of aliphatic carboxylic acids is 1. The highest BCUT2D eigenvalue weighted by atomic mass is 32.1. The molecule has 5 nitrogen and oxygen atoms in total. The molecular weight excluding hydrogens is 302 g/mol. The first-order valence-corrected chi connectivity index (χ1v) is 7.87. The summed E-state index contributed by atoms with van der Waals surface area (Å²) in [6.45, 7) is 0.648. The van der Waals surface area contributed by atoms with Crippen LogP contribution in [0.15, 0.2) is 18.2 Å². The maximum atomic E-state index is 10.2. The van der Waals surface area contributed by atoms with Crippen molar-refractivity contribution in [3.8, 4) is 11.5 Å². The SMILES string of the molecule is COc1ccc(CCN)cc1OC.O=C(O)CC1(CS)CC1. The highest BCUT2D eigenvalue weighted by Crippen LogP contribution is 2.49. The van der Waals surface area contributed by atoms with Crippen LogP contribution in [0.5, 0.6) is 11.5 Å². The molecule has 2 rings (SSSR count). The van der Waals surface area contributed by atoms with Crippen LogP contribution in [0.3, 0.4) is 0 Å². The fourth-order valence-electron chi connectivity index (χ4n) is 2.09. The molecule has 0 aliphatic heterocycles. The van der Waals surface area contributed by atoms with Gasteiger partial charge in [0.05, 0.1) is 20.6 Å². The summed E-state index contributed by atoms with van der Waals surface area (Å²) in [7, 11) is 3.25. The molecule has 0 bridgehead atoms. The number of hydrogen-bond acceptors (Lipinski definition) is 5. The number of carbonyl (C=O) groups is 1. The summed E-state index contributed by atoms with van der Waals surface area (Å²) in [4.78, 5) is 10.2. The lowest BCUT2D eigenvalue weighted by Gasteiger charge is -2.08. The quantitative estimate of drug-likeness (QED) is 0.670. The zero-order chi connectivity index (χ0) is 16.6. The molecule has 3 N–H and O–H groups in total. The van der Waals surface area contributed by atoms with Gasteiger partial charge in [-0.1, -0.05) is 6.07 Å². The molecule has 0 spiro atoms. The topological polar surface area (TPSA) is 81.8 Å². The van der Waals surface area contributed by atoms with Gasteiger partial charge in [0.2, 0.25) is 0 Å². The van der Waals surface area contributed by atoms with Crippen molar-refractivity contribution in [3.63, 3.8) is 0 Å². The number of nitrogens with two attached hydrogens (primary N) is 1. The van der Waals surface area contributed by atoms with Crippen LogP contribution in [0, 0.1) is 5.41 Å². The smallest absolute Gasteiger partial charge is 0.303 e.